The van der Waals surface area contributed by atoms with Gasteiger partial charge in [0.25, 0.3) is 5.91 Å². The van der Waals surface area contributed by atoms with Crippen LogP contribution in [0.4, 0.5) is 5.69 Å². The molecular formula is C23H26ClN3O5. The summed E-state index contributed by atoms with van der Waals surface area (Å²) in [5, 5.41) is 5.26. The number of nitrogens with zero attached hydrogens (tertiary/aromatic N) is 1. The van der Waals surface area contributed by atoms with Gasteiger partial charge < -0.3 is 20.3 Å². The second-order valence-electron chi connectivity index (χ2n) is 9.14. The molecule has 8 nitrogen and oxygen atoms in total. The van der Waals surface area contributed by atoms with Crippen molar-refractivity contribution >= 4 is 40.8 Å². The molecule has 5 rings (SSSR count). The van der Waals surface area contributed by atoms with E-state index in [1.807, 2.05) is 0 Å². The van der Waals surface area contributed by atoms with E-state index in [0.717, 1.165) is 37.7 Å². The average molecular weight is 460 g/mol. The first-order chi connectivity index (χ1) is 15.4. The Labute approximate surface area is 191 Å². The smallest absolute Gasteiger partial charge is 0.252 e. The molecule has 1 aromatic carbocycles. The van der Waals surface area contributed by atoms with Crippen LogP contribution in [0.15, 0.2) is 18.2 Å². The number of hydrogen-bond acceptors (Lipinski definition) is 5. The Kier molecular flexibility index (Phi) is 5.67. The molecule has 4 aliphatic rings. The molecule has 2 saturated heterocycles. The van der Waals surface area contributed by atoms with Crippen LogP contribution >= 0.6 is 11.6 Å². The summed E-state index contributed by atoms with van der Waals surface area (Å²) in [6, 6.07) is 3.67. The van der Waals surface area contributed by atoms with Gasteiger partial charge in [-0.2, -0.15) is 0 Å². The molecule has 0 unspecified atom stereocenters. The fourth-order valence-corrected chi connectivity index (χ4v) is 5.79. The van der Waals surface area contributed by atoms with E-state index in [1.54, 1.807) is 18.2 Å². The van der Waals surface area contributed by atoms with Crippen LogP contribution < -0.4 is 10.6 Å². The highest BCUT2D eigenvalue weighted by molar-refractivity contribution is 6.22. The van der Waals surface area contributed by atoms with Crippen LogP contribution in [0.3, 0.4) is 0 Å². The number of alkyl halides is 1. The molecule has 0 radical (unpaired) electrons. The highest BCUT2D eigenvalue weighted by atomic mass is 35.5. The van der Waals surface area contributed by atoms with Crippen LogP contribution in [0.5, 0.6) is 0 Å². The van der Waals surface area contributed by atoms with E-state index in [-0.39, 0.29) is 42.6 Å². The number of fused-ring (bicyclic) bond motifs is 2. The molecule has 4 atom stereocenters. The maximum absolute atomic E-state index is 13.7. The minimum atomic E-state index is -0.735. The summed E-state index contributed by atoms with van der Waals surface area (Å²) in [6.07, 6.45) is 4.61. The Balaban J connectivity index is 1.38. The first-order valence-corrected chi connectivity index (χ1v) is 11.7. The summed E-state index contributed by atoms with van der Waals surface area (Å²) in [4.78, 5) is 52.3. The van der Waals surface area contributed by atoms with Crippen molar-refractivity contribution in [1.29, 1.82) is 0 Å². The van der Waals surface area contributed by atoms with Crippen LogP contribution in [-0.2, 0) is 25.5 Å². The van der Waals surface area contributed by atoms with Crippen molar-refractivity contribution in [2.45, 2.75) is 62.1 Å². The molecular weight excluding hydrogens is 434 g/mol. The van der Waals surface area contributed by atoms with Gasteiger partial charge >= 0.3 is 0 Å². The van der Waals surface area contributed by atoms with Crippen LogP contribution in [0.25, 0.3) is 0 Å². The summed E-state index contributed by atoms with van der Waals surface area (Å²) < 4.78 is 5.51. The SMILES string of the molecule is O=C1Cc2ccc(C(=O)N[C@H](C(=O)N3C[C@H](Cl)[C@H]4OCC(=O)[C@H]43)C3CCCCC3)cc2N1. The molecule has 3 amide bonds. The van der Waals surface area contributed by atoms with Crippen molar-refractivity contribution in [2.75, 3.05) is 18.5 Å². The highest BCUT2D eigenvalue weighted by Crippen LogP contribution is 2.34. The number of halogens is 1. The number of benzene rings is 1. The van der Waals surface area contributed by atoms with Crippen LogP contribution in [-0.4, -0.2) is 65.1 Å². The zero-order valence-electron chi connectivity index (χ0n) is 17.6. The van der Waals surface area contributed by atoms with Gasteiger partial charge in [0.05, 0.1) is 11.8 Å². The van der Waals surface area contributed by atoms with Crippen molar-refractivity contribution in [3.63, 3.8) is 0 Å². The van der Waals surface area contributed by atoms with E-state index in [4.69, 9.17) is 16.3 Å². The molecule has 1 saturated carbocycles. The number of amides is 3. The number of Topliss-reactive ketones (excluding diaryl/α,β-unsaturated/α-hetero) is 1. The van der Waals surface area contributed by atoms with E-state index in [9.17, 15) is 19.2 Å². The molecule has 0 bridgehead atoms. The predicted octanol–water partition coefficient (Wildman–Crippen LogP) is 1.65. The Morgan fingerprint density at radius 3 is 2.75 bits per heavy atom. The van der Waals surface area contributed by atoms with Gasteiger partial charge in [0, 0.05) is 17.8 Å². The number of hydrogen-bond donors (Lipinski definition) is 2. The van der Waals surface area contributed by atoms with Gasteiger partial charge in [-0.3, -0.25) is 19.2 Å². The minimum absolute atomic E-state index is 0.000390. The number of anilines is 1. The Morgan fingerprint density at radius 1 is 1.19 bits per heavy atom. The fourth-order valence-electron chi connectivity index (χ4n) is 5.43. The van der Waals surface area contributed by atoms with Gasteiger partial charge in [-0.25, -0.2) is 0 Å². The molecule has 3 fully saturated rings. The molecule has 9 heteroatoms. The molecule has 2 N–H and O–H groups in total. The molecule has 1 aliphatic carbocycles. The number of ether oxygens (including phenoxy) is 1. The van der Waals surface area contributed by atoms with E-state index in [1.165, 1.54) is 4.90 Å². The third-order valence-electron chi connectivity index (χ3n) is 7.08. The molecule has 0 spiro atoms. The Hall–Kier alpha value is -2.45. The predicted molar refractivity (Wildman–Crippen MR) is 116 cm³/mol. The van der Waals surface area contributed by atoms with Crippen molar-refractivity contribution in [1.82, 2.24) is 10.2 Å². The lowest BCUT2D eigenvalue weighted by Crippen LogP contribution is -2.55. The van der Waals surface area contributed by atoms with E-state index in [0.29, 0.717) is 17.7 Å². The number of likely N-dealkylation sites (tertiary alicyclic amines) is 1. The normalized spacial score (nSPS) is 28.3. The van der Waals surface area contributed by atoms with Crippen molar-refractivity contribution in [3.05, 3.63) is 29.3 Å². The molecule has 3 aliphatic heterocycles. The van der Waals surface area contributed by atoms with Gasteiger partial charge in [0.15, 0.2) is 5.78 Å². The topological polar surface area (TPSA) is 105 Å². The second kappa shape index (κ2) is 8.48. The average Bonchev–Trinajstić information content (AvgIpc) is 3.46. The molecule has 3 heterocycles. The number of ketones is 1. The van der Waals surface area contributed by atoms with E-state index < -0.39 is 23.6 Å². The van der Waals surface area contributed by atoms with Gasteiger partial charge in [-0.1, -0.05) is 25.3 Å². The number of carbonyl (C=O) groups excluding carboxylic acids is 4. The summed E-state index contributed by atoms with van der Waals surface area (Å²) in [6.45, 7) is 0.190. The van der Waals surface area contributed by atoms with Crippen LogP contribution in [0.2, 0.25) is 0 Å². The van der Waals surface area contributed by atoms with Gasteiger partial charge in [-0.15, -0.1) is 11.6 Å². The molecule has 0 aromatic heterocycles. The van der Waals surface area contributed by atoms with E-state index >= 15 is 0 Å². The summed E-state index contributed by atoms with van der Waals surface area (Å²) in [7, 11) is 0. The monoisotopic (exact) mass is 459 g/mol. The van der Waals surface area contributed by atoms with Crippen molar-refractivity contribution in [3.8, 4) is 0 Å². The highest BCUT2D eigenvalue weighted by Gasteiger charge is 2.53. The van der Waals surface area contributed by atoms with Crippen molar-refractivity contribution < 1.29 is 23.9 Å². The number of carbonyl (C=O) groups is 4. The number of rotatable bonds is 4. The lowest BCUT2D eigenvalue weighted by molar-refractivity contribution is -0.139. The standard InChI is InChI=1S/C23H26ClN3O5/c24-15-10-27(20-17(28)11-32-21(15)20)23(31)19(12-4-2-1-3-5-12)26-22(30)14-7-6-13-9-18(29)25-16(13)8-14/h6-8,12,15,19-21H,1-5,9-11H2,(H,25,29)(H,26,30)/t15-,19-,20+,21+/m0/s1. The van der Waals surface area contributed by atoms with E-state index in [2.05, 4.69) is 10.6 Å². The quantitative estimate of drug-likeness (QED) is 0.666. The summed E-state index contributed by atoms with van der Waals surface area (Å²) in [5.41, 5.74) is 1.86. The maximum atomic E-state index is 13.7. The minimum Gasteiger partial charge on any atom is -0.366 e. The van der Waals surface area contributed by atoms with Gasteiger partial charge in [0.2, 0.25) is 11.8 Å². The largest absolute Gasteiger partial charge is 0.366 e. The van der Waals surface area contributed by atoms with Crippen LogP contribution in [0.1, 0.15) is 48.0 Å². The molecule has 170 valence electrons. The summed E-state index contributed by atoms with van der Waals surface area (Å²) in [5.74, 6) is -0.883. The van der Waals surface area contributed by atoms with Crippen molar-refractivity contribution in [2.24, 2.45) is 5.92 Å². The first kappa shape index (κ1) is 21.4. The lowest BCUT2D eigenvalue weighted by atomic mass is 9.83. The third-order valence-corrected chi connectivity index (χ3v) is 7.46. The Bertz CT molecular complexity index is 976. The zero-order valence-corrected chi connectivity index (χ0v) is 18.4. The van der Waals surface area contributed by atoms with Crippen LogP contribution in [0, 0.1) is 5.92 Å². The Morgan fingerprint density at radius 2 is 1.97 bits per heavy atom. The number of nitrogens with one attached hydrogen (secondary N) is 2. The third kappa shape index (κ3) is 3.79. The summed E-state index contributed by atoms with van der Waals surface area (Å²) >= 11 is 6.38. The fraction of sp³-hybridized carbons (Fsp3) is 0.565. The maximum Gasteiger partial charge on any atom is 0.252 e. The molecule has 1 aromatic rings. The van der Waals surface area contributed by atoms with Gasteiger partial charge in [0.1, 0.15) is 24.8 Å². The zero-order chi connectivity index (χ0) is 22.4. The second-order valence-corrected chi connectivity index (χ2v) is 9.70. The first-order valence-electron chi connectivity index (χ1n) is 11.2. The van der Waals surface area contributed by atoms with Gasteiger partial charge in [-0.05, 0) is 36.5 Å². The lowest BCUT2D eigenvalue weighted by Gasteiger charge is -2.34. The molecule has 32 heavy (non-hydrogen) atoms.